The van der Waals surface area contributed by atoms with Gasteiger partial charge in [0.05, 0.1) is 43.2 Å². The first kappa shape index (κ1) is 34.2. The van der Waals surface area contributed by atoms with Gasteiger partial charge < -0.3 is 24.8 Å². The molecule has 0 unspecified atom stereocenters. The predicted molar refractivity (Wildman–Crippen MR) is 175 cm³/mol. The molecular formula is C32H35N5O7S2. The minimum Gasteiger partial charge on any atom is -0.496 e. The number of nitrogens with zero attached hydrogens (tertiary/aromatic N) is 3. The van der Waals surface area contributed by atoms with E-state index < -0.39 is 23.1 Å². The standard InChI is InChI=1S/C32H35N5O7S2/c1-7-43-30(40)25-19(4)26(31(41)44-8-2)46-29(25)34-27(38)20(5)45-32-36-35-24(37(32)21-13-11-12-18(3)16-21)17-33-28(39)22-14-9-10-15-23(22)42-6/h9-16,20H,7-8,17H2,1-6H3,(H,33,39)(H,34,38)/t20-/m0/s1. The van der Waals surface area contributed by atoms with Crippen LogP contribution in [0.5, 0.6) is 5.75 Å². The zero-order chi connectivity index (χ0) is 33.4. The number of methoxy groups -OCH3 is 1. The number of aryl methyl sites for hydroxylation is 1. The Labute approximate surface area is 274 Å². The van der Waals surface area contributed by atoms with Gasteiger partial charge in [0.15, 0.2) is 11.0 Å². The molecule has 0 aliphatic rings. The Bertz CT molecular complexity index is 1750. The number of hydrogen-bond acceptors (Lipinski definition) is 11. The van der Waals surface area contributed by atoms with E-state index in [2.05, 4.69) is 20.8 Å². The van der Waals surface area contributed by atoms with Crippen molar-refractivity contribution in [2.75, 3.05) is 25.6 Å². The Kier molecular flexibility index (Phi) is 11.6. The smallest absolute Gasteiger partial charge is 0.348 e. The van der Waals surface area contributed by atoms with Crippen molar-refractivity contribution < 1.29 is 33.4 Å². The van der Waals surface area contributed by atoms with E-state index in [1.54, 1.807) is 56.5 Å². The lowest BCUT2D eigenvalue weighted by Crippen LogP contribution is -2.25. The van der Waals surface area contributed by atoms with Gasteiger partial charge in [0.25, 0.3) is 5.91 Å². The van der Waals surface area contributed by atoms with Gasteiger partial charge in [0, 0.05) is 5.69 Å². The molecular weight excluding hydrogens is 631 g/mol. The van der Waals surface area contributed by atoms with Crippen LogP contribution in [0.2, 0.25) is 0 Å². The SMILES string of the molecule is CCOC(=O)c1sc(NC(=O)[C@H](C)Sc2nnc(CNC(=O)c3ccccc3OC)n2-c2cccc(C)c2)c(C(=O)OCC)c1C. The number of benzene rings is 2. The van der Waals surface area contributed by atoms with Crippen LogP contribution in [0.25, 0.3) is 5.69 Å². The van der Waals surface area contributed by atoms with E-state index >= 15 is 0 Å². The Morgan fingerprint density at radius 2 is 1.70 bits per heavy atom. The van der Waals surface area contributed by atoms with Gasteiger partial charge in [-0.05, 0) is 70.0 Å². The maximum absolute atomic E-state index is 13.5. The molecule has 0 radical (unpaired) electrons. The Morgan fingerprint density at radius 1 is 0.978 bits per heavy atom. The molecule has 2 aromatic heterocycles. The molecule has 2 heterocycles. The third-order valence-corrected chi connectivity index (χ3v) is 8.92. The van der Waals surface area contributed by atoms with Crippen molar-refractivity contribution in [1.82, 2.24) is 20.1 Å². The van der Waals surface area contributed by atoms with E-state index in [1.807, 2.05) is 31.2 Å². The van der Waals surface area contributed by atoms with Crippen LogP contribution in [0.15, 0.2) is 53.7 Å². The number of amides is 2. The summed E-state index contributed by atoms with van der Waals surface area (Å²) in [6, 6.07) is 14.6. The highest BCUT2D eigenvalue weighted by Gasteiger charge is 2.29. The van der Waals surface area contributed by atoms with Crippen molar-refractivity contribution in [3.63, 3.8) is 0 Å². The van der Waals surface area contributed by atoms with Crippen LogP contribution in [0.1, 0.15) is 68.1 Å². The van der Waals surface area contributed by atoms with Crippen LogP contribution >= 0.6 is 23.1 Å². The molecule has 2 amide bonds. The van der Waals surface area contributed by atoms with Crippen LogP contribution in [0.4, 0.5) is 5.00 Å². The van der Waals surface area contributed by atoms with Crippen LogP contribution in [0.3, 0.4) is 0 Å². The largest absolute Gasteiger partial charge is 0.496 e. The second-order valence-electron chi connectivity index (χ2n) is 9.91. The predicted octanol–water partition coefficient (Wildman–Crippen LogP) is 5.36. The second-order valence-corrected chi connectivity index (χ2v) is 12.2. The van der Waals surface area contributed by atoms with Crippen LogP contribution in [-0.4, -0.2) is 64.1 Å². The molecule has 0 aliphatic carbocycles. The summed E-state index contributed by atoms with van der Waals surface area (Å²) in [6.45, 7) is 8.94. The zero-order valence-electron chi connectivity index (χ0n) is 26.3. The molecule has 242 valence electrons. The zero-order valence-corrected chi connectivity index (χ0v) is 28.0. The Morgan fingerprint density at radius 3 is 2.39 bits per heavy atom. The van der Waals surface area contributed by atoms with E-state index in [0.29, 0.717) is 27.9 Å². The Balaban J connectivity index is 1.59. The average Bonchev–Trinajstić information content (AvgIpc) is 3.59. The van der Waals surface area contributed by atoms with Gasteiger partial charge in [-0.25, -0.2) is 9.59 Å². The number of anilines is 1. The summed E-state index contributed by atoms with van der Waals surface area (Å²) >= 11 is 2.10. The summed E-state index contributed by atoms with van der Waals surface area (Å²) in [6.07, 6.45) is 0. The highest BCUT2D eigenvalue weighted by atomic mass is 32.2. The first-order chi connectivity index (χ1) is 22.1. The number of carbonyl (C=O) groups excluding carboxylic acids is 4. The van der Waals surface area contributed by atoms with Crippen molar-refractivity contribution >= 4 is 51.9 Å². The van der Waals surface area contributed by atoms with E-state index in [4.69, 9.17) is 14.2 Å². The van der Waals surface area contributed by atoms with Crippen molar-refractivity contribution in [2.45, 2.75) is 51.6 Å². The molecule has 0 saturated heterocycles. The summed E-state index contributed by atoms with van der Waals surface area (Å²) in [4.78, 5) is 52.0. The Hall–Kier alpha value is -4.69. The van der Waals surface area contributed by atoms with Gasteiger partial charge >= 0.3 is 11.9 Å². The molecule has 46 heavy (non-hydrogen) atoms. The molecule has 0 saturated carbocycles. The average molecular weight is 666 g/mol. The van der Waals surface area contributed by atoms with Crippen molar-refractivity contribution in [2.24, 2.45) is 0 Å². The fourth-order valence-electron chi connectivity index (χ4n) is 4.47. The van der Waals surface area contributed by atoms with Crippen LogP contribution < -0.4 is 15.4 Å². The second kappa shape index (κ2) is 15.5. The molecule has 4 aromatic rings. The number of esters is 2. The molecule has 2 N–H and O–H groups in total. The monoisotopic (exact) mass is 665 g/mol. The molecule has 0 fully saturated rings. The van der Waals surface area contributed by atoms with E-state index in [-0.39, 0.29) is 41.1 Å². The number of ether oxygens (including phenoxy) is 3. The molecule has 12 nitrogen and oxygen atoms in total. The molecule has 0 bridgehead atoms. The quantitative estimate of drug-likeness (QED) is 0.141. The minimum atomic E-state index is -0.715. The van der Waals surface area contributed by atoms with Gasteiger partial charge in [0.2, 0.25) is 5.91 Å². The number of rotatable bonds is 13. The third kappa shape index (κ3) is 7.74. The van der Waals surface area contributed by atoms with Crippen molar-refractivity contribution in [3.8, 4) is 11.4 Å². The fraction of sp³-hybridized carbons (Fsp3) is 0.312. The number of nitrogens with one attached hydrogen (secondary N) is 2. The third-order valence-electron chi connectivity index (χ3n) is 6.69. The van der Waals surface area contributed by atoms with Crippen molar-refractivity contribution in [1.29, 1.82) is 0 Å². The number of aromatic nitrogens is 3. The summed E-state index contributed by atoms with van der Waals surface area (Å²) < 4.78 is 17.4. The van der Waals surface area contributed by atoms with E-state index in [9.17, 15) is 19.2 Å². The minimum absolute atomic E-state index is 0.0486. The summed E-state index contributed by atoms with van der Waals surface area (Å²) in [7, 11) is 1.50. The summed E-state index contributed by atoms with van der Waals surface area (Å²) in [5.74, 6) is -1.13. The fourth-order valence-corrected chi connectivity index (χ4v) is 6.45. The maximum Gasteiger partial charge on any atom is 0.348 e. The molecule has 1 atom stereocenters. The maximum atomic E-state index is 13.5. The van der Waals surface area contributed by atoms with Gasteiger partial charge in [-0.1, -0.05) is 36.0 Å². The molecule has 2 aromatic carbocycles. The van der Waals surface area contributed by atoms with Gasteiger partial charge in [-0.2, -0.15) is 0 Å². The van der Waals surface area contributed by atoms with Crippen molar-refractivity contribution in [3.05, 3.63) is 81.5 Å². The summed E-state index contributed by atoms with van der Waals surface area (Å²) in [5.41, 5.74) is 2.60. The number of thiophene rings is 1. The topological polar surface area (TPSA) is 151 Å². The van der Waals surface area contributed by atoms with Crippen LogP contribution in [-0.2, 0) is 20.8 Å². The normalized spacial score (nSPS) is 11.4. The molecule has 4 rings (SSSR count). The van der Waals surface area contributed by atoms with Gasteiger partial charge in [-0.15, -0.1) is 21.5 Å². The lowest BCUT2D eigenvalue weighted by Gasteiger charge is -2.15. The highest BCUT2D eigenvalue weighted by molar-refractivity contribution is 8.00. The first-order valence-electron chi connectivity index (χ1n) is 14.5. The number of hydrogen-bond donors (Lipinski definition) is 2. The van der Waals surface area contributed by atoms with Gasteiger partial charge in [0.1, 0.15) is 15.6 Å². The highest BCUT2D eigenvalue weighted by Crippen LogP contribution is 2.35. The van der Waals surface area contributed by atoms with E-state index in [0.717, 1.165) is 34.3 Å². The lowest BCUT2D eigenvalue weighted by molar-refractivity contribution is -0.115. The van der Waals surface area contributed by atoms with E-state index in [1.165, 1.54) is 7.11 Å². The number of carbonyl (C=O) groups is 4. The summed E-state index contributed by atoms with van der Waals surface area (Å²) in [5, 5.41) is 14.3. The van der Waals surface area contributed by atoms with Gasteiger partial charge in [-0.3, -0.25) is 14.2 Å². The molecule has 0 aliphatic heterocycles. The molecule has 14 heteroatoms. The lowest BCUT2D eigenvalue weighted by atomic mass is 10.1. The number of para-hydroxylation sites is 1. The molecule has 0 spiro atoms. The first-order valence-corrected chi connectivity index (χ1v) is 16.2. The van der Waals surface area contributed by atoms with Crippen LogP contribution in [0, 0.1) is 13.8 Å². The number of thioether (sulfide) groups is 1.